The van der Waals surface area contributed by atoms with Gasteiger partial charge in [0.2, 0.25) is 0 Å². The molecule has 19 heavy (non-hydrogen) atoms. The van der Waals surface area contributed by atoms with Crippen LogP contribution in [-0.4, -0.2) is 25.9 Å². The van der Waals surface area contributed by atoms with Gasteiger partial charge in [0.05, 0.1) is 13.2 Å². The molecule has 1 aliphatic heterocycles. The Morgan fingerprint density at radius 1 is 1.42 bits per heavy atom. The van der Waals surface area contributed by atoms with Crippen molar-refractivity contribution in [1.29, 1.82) is 0 Å². The van der Waals surface area contributed by atoms with Gasteiger partial charge in [0.25, 0.3) is 0 Å². The van der Waals surface area contributed by atoms with Gasteiger partial charge in [-0.1, -0.05) is 13.8 Å². The molecule has 1 aliphatic rings. The number of hydrogen-bond donors (Lipinski definition) is 1. The first-order valence-corrected chi connectivity index (χ1v) is 6.82. The van der Waals surface area contributed by atoms with E-state index in [9.17, 15) is 4.39 Å². The highest BCUT2D eigenvalue weighted by Gasteiger charge is 2.24. The molecule has 1 aromatic rings. The maximum absolute atomic E-state index is 13.3. The van der Waals surface area contributed by atoms with Crippen molar-refractivity contribution in [3.63, 3.8) is 0 Å². The Labute approximate surface area is 114 Å². The lowest BCUT2D eigenvalue weighted by Gasteiger charge is -2.33. The molecule has 0 saturated carbocycles. The minimum absolute atomic E-state index is 0.275. The Morgan fingerprint density at radius 2 is 2.21 bits per heavy atom. The van der Waals surface area contributed by atoms with Crippen molar-refractivity contribution in [2.45, 2.75) is 38.8 Å². The summed E-state index contributed by atoms with van der Waals surface area (Å²) < 4.78 is 24.1. The van der Waals surface area contributed by atoms with Gasteiger partial charge in [-0.15, -0.1) is 0 Å². The van der Waals surface area contributed by atoms with Crippen LogP contribution in [0.4, 0.5) is 10.1 Å². The van der Waals surface area contributed by atoms with E-state index in [0.29, 0.717) is 18.1 Å². The molecule has 0 bridgehead atoms. The average molecular weight is 267 g/mol. The predicted molar refractivity (Wildman–Crippen MR) is 74.2 cm³/mol. The van der Waals surface area contributed by atoms with Crippen LogP contribution in [0.25, 0.3) is 0 Å². The molecule has 2 atom stereocenters. The third-order valence-electron chi connectivity index (χ3n) is 3.58. The lowest BCUT2D eigenvalue weighted by Crippen LogP contribution is -2.36. The Morgan fingerprint density at radius 3 is 2.89 bits per heavy atom. The zero-order valence-corrected chi connectivity index (χ0v) is 11.8. The predicted octanol–water partition coefficient (Wildman–Crippen LogP) is 3.45. The minimum atomic E-state index is -0.333. The smallest absolute Gasteiger partial charge is 0.165 e. The molecule has 1 fully saturated rings. The van der Waals surface area contributed by atoms with Crippen molar-refractivity contribution in [2.75, 3.05) is 19.0 Å². The number of methoxy groups -OCH3 is 1. The van der Waals surface area contributed by atoms with E-state index in [1.165, 1.54) is 13.2 Å². The molecule has 0 radical (unpaired) electrons. The fourth-order valence-corrected chi connectivity index (χ4v) is 2.41. The molecule has 0 amide bonds. The lowest BCUT2D eigenvalue weighted by molar-refractivity contribution is -0.0160. The standard InChI is InChI=1S/C15H22FNO2/c1-10(2)14-8-12(6-7-19-14)17-11-4-5-13(16)15(9-11)18-3/h4-5,9-10,12,14,17H,6-8H2,1-3H3. The minimum Gasteiger partial charge on any atom is -0.494 e. The second-order valence-electron chi connectivity index (χ2n) is 5.37. The first-order valence-electron chi connectivity index (χ1n) is 6.82. The highest BCUT2D eigenvalue weighted by atomic mass is 19.1. The first kappa shape index (κ1) is 14.1. The molecular weight excluding hydrogens is 245 g/mol. The fraction of sp³-hybridized carbons (Fsp3) is 0.600. The summed E-state index contributed by atoms with van der Waals surface area (Å²) in [6.07, 6.45) is 2.26. The van der Waals surface area contributed by atoms with E-state index in [4.69, 9.17) is 9.47 Å². The van der Waals surface area contributed by atoms with Crippen LogP contribution in [0.2, 0.25) is 0 Å². The summed E-state index contributed by atoms with van der Waals surface area (Å²) in [4.78, 5) is 0. The van der Waals surface area contributed by atoms with Crippen LogP contribution < -0.4 is 10.1 Å². The first-order chi connectivity index (χ1) is 9.10. The summed E-state index contributed by atoms with van der Waals surface area (Å²) in [6.45, 7) is 5.13. The number of halogens is 1. The van der Waals surface area contributed by atoms with Crippen LogP contribution in [0.15, 0.2) is 18.2 Å². The van der Waals surface area contributed by atoms with Gasteiger partial charge in [-0.3, -0.25) is 0 Å². The van der Waals surface area contributed by atoms with Crippen molar-refractivity contribution in [1.82, 2.24) is 0 Å². The SMILES string of the molecule is COc1cc(NC2CCOC(C(C)C)C2)ccc1F. The van der Waals surface area contributed by atoms with E-state index in [1.807, 2.05) is 0 Å². The number of hydrogen-bond acceptors (Lipinski definition) is 3. The van der Waals surface area contributed by atoms with Gasteiger partial charge >= 0.3 is 0 Å². The molecule has 1 aromatic carbocycles. The van der Waals surface area contributed by atoms with Crippen LogP contribution in [-0.2, 0) is 4.74 Å². The third kappa shape index (κ3) is 3.60. The van der Waals surface area contributed by atoms with E-state index >= 15 is 0 Å². The van der Waals surface area contributed by atoms with Gasteiger partial charge in [-0.05, 0) is 30.9 Å². The molecule has 1 saturated heterocycles. The van der Waals surface area contributed by atoms with Crippen molar-refractivity contribution in [3.05, 3.63) is 24.0 Å². The van der Waals surface area contributed by atoms with E-state index in [0.717, 1.165) is 25.1 Å². The van der Waals surface area contributed by atoms with Gasteiger partial charge < -0.3 is 14.8 Å². The van der Waals surface area contributed by atoms with Crippen LogP contribution in [0.1, 0.15) is 26.7 Å². The van der Waals surface area contributed by atoms with E-state index < -0.39 is 0 Å². The summed E-state index contributed by atoms with van der Waals surface area (Å²) in [7, 11) is 1.48. The van der Waals surface area contributed by atoms with E-state index in [1.54, 1.807) is 12.1 Å². The highest BCUT2D eigenvalue weighted by Crippen LogP contribution is 2.26. The zero-order valence-electron chi connectivity index (χ0n) is 11.8. The van der Waals surface area contributed by atoms with Gasteiger partial charge in [-0.25, -0.2) is 4.39 Å². The molecule has 0 aliphatic carbocycles. The van der Waals surface area contributed by atoms with Gasteiger partial charge in [0.15, 0.2) is 11.6 Å². The Balaban J connectivity index is 2.00. The maximum atomic E-state index is 13.3. The molecule has 4 heteroatoms. The zero-order chi connectivity index (χ0) is 13.8. The number of rotatable bonds is 4. The summed E-state index contributed by atoms with van der Waals surface area (Å²) in [5.41, 5.74) is 0.896. The van der Waals surface area contributed by atoms with Crippen LogP contribution >= 0.6 is 0 Å². The number of benzene rings is 1. The molecule has 2 unspecified atom stereocenters. The highest BCUT2D eigenvalue weighted by molar-refractivity contribution is 5.49. The fourth-order valence-electron chi connectivity index (χ4n) is 2.41. The second-order valence-corrected chi connectivity index (χ2v) is 5.37. The van der Waals surface area contributed by atoms with Crippen LogP contribution in [0.5, 0.6) is 5.75 Å². The van der Waals surface area contributed by atoms with Crippen molar-refractivity contribution < 1.29 is 13.9 Å². The maximum Gasteiger partial charge on any atom is 0.165 e. The summed E-state index contributed by atoms with van der Waals surface area (Å²) in [5, 5.41) is 3.44. The molecular formula is C15H22FNO2. The third-order valence-corrected chi connectivity index (χ3v) is 3.58. The normalized spacial score (nSPS) is 23.4. The van der Waals surface area contributed by atoms with Gasteiger partial charge in [0, 0.05) is 24.4 Å². The molecule has 0 aromatic heterocycles. The Hall–Kier alpha value is -1.29. The Kier molecular flexibility index (Phi) is 4.64. The van der Waals surface area contributed by atoms with Crippen LogP contribution in [0, 0.1) is 11.7 Å². The van der Waals surface area contributed by atoms with Gasteiger partial charge in [-0.2, -0.15) is 0 Å². The average Bonchev–Trinajstić information content (AvgIpc) is 2.41. The lowest BCUT2D eigenvalue weighted by atomic mass is 9.95. The van der Waals surface area contributed by atoms with Crippen molar-refractivity contribution in [2.24, 2.45) is 5.92 Å². The quantitative estimate of drug-likeness (QED) is 0.906. The summed E-state index contributed by atoms with van der Waals surface area (Å²) in [5.74, 6) is 0.463. The van der Waals surface area contributed by atoms with Crippen molar-refractivity contribution >= 4 is 5.69 Å². The summed E-state index contributed by atoms with van der Waals surface area (Å²) >= 11 is 0. The molecule has 3 nitrogen and oxygen atoms in total. The number of ether oxygens (including phenoxy) is 2. The van der Waals surface area contributed by atoms with Crippen molar-refractivity contribution in [3.8, 4) is 5.75 Å². The molecule has 2 rings (SSSR count). The number of nitrogens with one attached hydrogen (secondary N) is 1. The topological polar surface area (TPSA) is 30.5 Å². The monoisotopic (exact) mass is 267 g/mol. The van der Waals surface area contributed by atoms with Crippen LogP contribution in [0.3, 0.4) is 0 Å². The number of anilines is 1. The summed E-state index contributed by atoms with van der Waals surface area (Å²) in [6, 6.07) is 5.25. The molecule has 1 N–H and O–H groups in total. The molecule has 106 valence electrons. The molecule has 0 spiro atoms. The van der Waals surface area contributed by atoms with E-state index in [2.05, 4.69) is 19.2 Å². The van der Waals surface area contributed by atoms with E-state index in [-0.39, 0.29) is 11.6 Å². The van der Waals surface area contributed by atoms with Gasteiger partial charge in [0.1, 0.15) is 0 Å². The largest absolute Gasteiger partial charge is 0.494 e. The molecule has 1 heterocycles. The second kappa shape index (κ2) is 6.24. The Bertz CT molecular complexity index is 423.